The molecule has 0 aromatic heterocycles. The quantitative estimate of drug-likeness (QED) is 0.392. The lowest BCUT2D eigenvalue weighted by atomic mass is 10.1. The molecule has 0 aliphatic rings. The van der Waals surface area contributed by atoms with E-state index in [2.05, 4.69) is 5.32 Å². The number of anilines is 1. The van der Waals surface area contributed by atoms with E-state index in [9.17, 15) is 18.0 Å². The number of amides is 2. The van der Waals surface area contributed by atoms with E-state index in [0.717, 1.165) is 10.6 Å². The van der Waals surface area contributed by atoms with Crippen molar-refractivity contribution in [3.63, 3.8) is 0 Å². The van der Waals surface area contributed by atoms with E-state index in [1.54, 1.807) is 31.2 Å². The van der Waals surface area contributed by atoms with Gasteiger partial charge in [0.15, 0.2) is 0 Å². The van der Waals surface area contributed by atoms with Crippen LogP contribution in [0.3, 0.4) is 0 Å². The fourth-order valence-corrected chi connectivity index (χ4v) is 5.12. The number of carbonyl (C=O) groups is 2. The number of methoxy groups -OCH3 is 1. The van der Waals surface area contributed by atoms with Crippen molar-refractivity contribution in [3.8, 4) is 5.75 Å². The molecule has 2 rings (SSSR count). The summed E-state index contributed by atoms with van der Waals surface area (Å²) < 4.78 is 31.8. The lowest BCUT2D eigenvalue weighted by Gasteiger charge is -2.33. The van der Waals surface area contributed by atoms with Gasteiger partial charge >= 0.3 is 0 Å². The van der Waals surface area contributed by atoms with E-state index in [-0.39, 0.29) is 35.3 Å². The van der Waals surface area contributed by atoms with Gasteiger partial charge in [-0.3, -0.25) is 13.9 Å². The third-order valence-electron chi connectivity index (χ3n) is 5.41. The van der Waals surface area contributed by atoms with Gasteiger partial charge in [-0.15, -0.1) is 0 Å². The number of sulfonamides is 1. The first-order valence-corrected chi connectivity index (χ1v) is 14.2. The fraction of sp³-hybridized carbons (Fsp3) is 0.417. The molecule has 1 atom stereocenters. The second-order valence-electron chi connectivity index (χ2n) is 8.02. The molecule has 12 heteroatoms. The molecule has 0 radical (unpaired) electrons. The molecule has 0 spiro atoms. The lowest BCUT2D eigenvalue weighted by Crippen LogP contribution is -2.52. The standard InChI is InChI=1S/C24H30Cl3N3O5S/c1-5-12-28-24(32)20(6-2)29(14-17-18(26)8-7-9-19(17)27)23(31)15-30(36(4,33)34)21-13-16(25)10-11-22(21)35-3/h7-11,13,20H,5-6,12,14-15H2,1-4H3,(H,28,32). The number of hydrogen-bond acceptors (Lipinski definition) is 5. The van der Waals surface area contributed by atoms with Gasteiger partial charge in [0.25, 0.3) is 0 Å². The molecular weight excluding hydrogens is 549 g/mol. The Bertz CT molecular complexity index is 1170. The number of carbonyl (C=O) groups excluding carboxylic acids is 2. The Hall–Kier alpha value is -2.20. The van der Waals surface area contributed by atoms with E-state index < -0.39 is 28.5 Å². The van der Waals surface area contributed by atoms with E-state index in [1.807, 2.05) is 6.92 Å². The minimum atomic E-state index is -3.96. The van der Waals surface area contributed by atoms with Gasteiger partial charge in [0.05, 0.1) is 19.1 Å². The highest BCUT2D eigenvalue weighted by molar-refractivity contribution is 7.92. The van der Waals surface area contributed by atoms with Crippen LogP contribution in [0, 0.1) is 0 Å². The van der Waals surface area contributed by atoms with Gasteiger partial charge in [-0.2, -0.15) is 0 Å². The van der Waals surface area contributed by atoms with Crippen molar-refractivity contribution in [3.05, 3.63) is 57.0 Å². The first-order valence-electron chi connectivity index (χ1n) is 11.3. The summed E-state index contributed by atoms with van der Waals surface area (Å²) in [5.74, 6) is -0.773. The van der Waals surface area contributed by atoms with Crippen molar-refractivity contribution < 1.29 is 22.7 Å². The molecule has 0 aliphatic heterocycles. The highest BCUT2D eigenvalue weighted by Gasteiger charge is 2.33. The molecule has 0 heterocycles. The summed E-state index contributed by atoms with van der Waals surface area (Å²) in [4.78, 5) is 28.0. The maximum atomic E-state index is 13.7. The normalized spacial score (nSPS) is 12.1. The summed E-state index contributed by atoms with van der Waals surface area (Å²) >= 11 is 18.8. The monoisotopic (exact) mass is 577 g/mol. The Labute approximate surface area is 227 Å². The molecule has 2 aromatic carbocycles. The van der Waals surface area contributed by atoms with Crippen LogP contribution in [-0.4, -0.2) is 57.6 Å². The van der Waals surface area contributed by atoms with Crippen molar-refractivity contribution in [2.24, 2.45) is 0 Å². The molecule has 1 N–H and O–H groups in total. The Morgan fingerprint density at radius 1 is 1.08 bits per heavy atom. The summed E-state index contributed by atoms with van der Waals surface area (Å²) in [6.45, 7) is 3.41. The molecule has 0 saturated heterocycles. The van der Waals surface area contributed by atoms with Crippen LogP contribution in [0.5, 0.6) is 5.75 Å². The van der Waals surface area contributed by atoms with Crippen LogP contribution >= 0.6 is 34.8 Å². The van der Waals surface area contributed by atoms with Crippen molar-refractivity contribution in [2.75, 3.05) is 30.8 Å². The zero-order valence-electron chi connectivity index (χ0n) is 20.6. The summed E-state index contributed by atoms with van der Waals surface area (Å²) in [5, 5.41) is 3.71. The van der Waals surface area contributed by atoms with Crippen LogP contribution in [0.2, 0.25) is 15.1 Å². The Balaban J connectivity index is 2.55. The number of benzene rings is 2. The van der Waals surface area contributed by atoms with Crippen LogP contribution in [-0.2, 0) is 26.2 Å². The fourth-order valence-electron chi connectivity index (χ4n) is 3.59. The average molecular weight is 579 g/mol. The van der Waals surface area contributed by atoms with Crippen molar-refractivity contribution >= 4 is 62.3 Å². The molecule has 0 bridgehead atoms. The number of nitrogens with one attached hydrogen (secondary N) is 1. The highest BCUT2D eigenvalue weighted by atomic mass is 35.5. The van der Waals surface area contributed by atoms with Crippen LogP contribution in [0.25, 0.3) is 0 Å². The number of rotatable bonds is 12. The number of nitrogens with zero attached hydrogens (tertiary/aromatic N) is 2. The summed E-state index contributed by atoms with van der Waals surface area (Å²) in [7, 11) is -2.58. The number of hydrogen-bond donors (Lipinski definition) is 1. The van der Waals surface area contributed by atoms with Crippen LogP contribution < -0.4 is 14.4 Å². The SMILES string of the molecule is CCCNC(=O)C(CC)N(Cc1c(Cl)cccc1Cl)C(=O)CN(c1cc(Cl)ccc1OC)S(C)(=O)=O. The van der Waals surface area contributed by atoms with Gasteiger partial charge in [-0.1, -0.05) is 54.7 Å². The summed E-state index contributed by atoms with van der Waals surface area (Å²) in [5.41, 5.74) is 0.544. The third kappa shape index (κ3) is 7.65. The van der Waals surface area contributed by atoms with E-state index in [4.69, 9.17) is 39.5 Å². The van der Waals surface area contributed by atoms with Gasteiger partial charge in [0.2, 0.25) is 21.8 Å². The van der Waals surface area contributed by atoms with Gasteiger partial charge in [0.1, 0.15) is 18.3 Å². The Morgan fingerprint density at radius 3 is 2.25 bits per heavy atom. The highest BCUT2D eigenvalue weighted by Crippen LogP contribution is 2.33. The van der Waals surface area contributed by atoms with E-state index >= 15 is 0 Å². The molecule has 2 aromatic rings. The Morgan fingerprint density at radius 2 is 1.72 bits per heavy atom. The molecule has 0 aliphatic carbocycles. The van der Waals surface area contributed by atoms with E-state index in [1.165, 1.54) is 24.1 Å². The Kier molecular flexibility index (Phi) is 11.2. The zero-order valence-corrected chi connectivity index (χ0v) is 23.6. The van der Waals surface area contributed by atoms with Gasteiger partial charge in [-0.25, -0.2) is 8.42 Å². The van der Waals surface area contributed by atoms with Gasteiger partial charge in [-0.05, 0) is 43.2 Å². The first kappa shape index (κ1) is 30.0. The zero-order chi connectivity index (χ0) is 27.0. The largest absolute Gasteiger partial charge is 0.495 e. The second-order valence-corrected chi connectivity index (χ2v) is 11.2. The average Bonchev–Trinajstić information content (AvgIpc) is 2.81. The lowest BCUT2D eigenvalue weighted by molar-refractivity contribution is -0.140. The molecule has 8 nitrogen and oxygen atoms in total. The minimum Gasteiger partial charge on any atom is -0.495 e. The molecule has 0 saturated carbocycles. The predicted octanol–water partition coefficient (Wildman–Crippen LogP) is 4.76. The third-order valence-corrected chi connectivity index (χ3v) is 7.48. The molecular formula is C24H30Cl3N3O5S. The van der Waals surface area contributed by atoms with Crippen molar-refractivity contribution in [2.45, 2.75) is 39.3 Å². The minimum absolute atomic E-state index is 0.0973. The van der Waals surface area contributed by atoms with Crippen molar-refractivity contribution in [1.29, 1.82) is 0 Å². The predicted molar refractivity (Wildman–Crippen MR) is 145 cm³/mol. The molecule has 36 heavy (non-hydrogen) atoms. The maximum Gasteiger partial charge on any atom is 0.244 e. The summed E-state index contributed by atoms with van der Waals surface area (Å²) in [6.07, 6.45) is 1.97. The van der Waals surface area contributed by atoms with E-state index in [0.29, 0.717) is 28.6 Å². The molecule has 0 fully saturated rings. The van der Waals surface area contributed by atoms with Crippen LogP contribution in [0.4, 0.5) is 5.69 Å². The smallest absolute Gasteiger partial charge is 0.244 e. The van der Waals surface area contributed by atoms with Crippen LogP contribution in [0.1, 0.15) is 32.3 Å². The van der Waals surface area contributed by atoms with Crippen LogP contribution in [0.15, 0.2) is 36.4 Å². The first-order chi connectivity index (χ1) is 16.9. The second kappa shape index (κ2) is 13.4. The number of halogens is 3. The van der Waals surface area contributed by atoms with Gasteiger partial charge < -0.3 is 15.0 Å². The molecule has 198 valence electrons. The maximum absolute atomic E-state index is 13.7. The van der Waals surface area contributed by atoms with Gasteiger partial charge in [0, 0.05) is 33.7 Å². The van der Waals surface area contributed by atoms with Crippen molar-refractivity contribution in [1.82, 2.24) is 10.2 Å². The summed E-state index contributed by atoms with van der Waals surface area (Å²) in [6, 6.07) is 8.49. The molecule has 2 amide bonds. The number of ether oxygens (including phenoxy) is 1. The topological polar surface area (TPSA) is 96.0 Å². The molecule has 1 unspecified atom stereocenters.